The topological polar surface area (TPSA) is 42.0 Å². The zero-order valence-electron chi connectivity index (χ0n) is 11.7. The van der Waals surface area contributed by atoms with Crippen LogP contribution in [-0.4, -0.2) is 22.4 Å². The number of amides is 1. The molecule has 2 aromatic rings. The summed E-state index contributed by atoms with van der Waals surface area (Å²) in [7, 11) is 0. The molecule has 2 heterocycles. The van der Waals surface area contributed by atoms with E-state index in [-0.39, 0.29) is 5.91 Å². The molecule has 1 aliphatic heterocycles. The van der Waals surface area contributed by atoms with E-state index in [0.29, 0.717) is 16.7 Å². The number of carbonyl (C=O) groups excluding carboxylic acids is 1. The molecule has 0 unspecified atom stereocenters. The molecule has 0 aliphatic carbocycles. The molecule has 0 bridgehead atoms. The monoisotopic (exact) mass is 336 g/mol. The van der Waals surface area contributed by atoms with Gasteiger partial charge >= 0.3 is 0 Å². The van der Waals surface area contributed by atoms with Gasteiger partial charge in [0.2, 0.25) is 0 Å². The minimum absolute atomic E-state index is 0.0406. The molecule has 1 aliphatic rings. The lowest BCUT2D eigenvalue weighted by atomic mass is 10.1. The van der Waals surface area contributed by atoms with E-state index in [2.05, 4.69) is 22.4 Å². The maximum absolute atomic E-state index is 12.1. The van der Waals surface area contributed by atoms with Gasteiger partial charge in [-0.3, -0.25) is 4.79 Å². The van der Waals surface area contributed by atoms with Gasteiger partial charge in [0.25, 0.3) is 5.91 Å². The van der Waals surface area contributed by atoms with Crippen LogP contribution in [0.5, 0.6) is 0 Å². The zero-order chi connectivity index (χ0) is 14.7. The lowest BCUT2D eigenvalue weighted by Crippen LogP contribution is -2.22. The number of thiazole rings is 1. The SMILES string of the molecule is Cc1csc(CNC(=O)c2ccc(C3SCCS3)cc2)n1. The number of hydrogen-bond acceptors (Lipinski definition) is 5. The molecule has 1 fully saturated rings. The van der Waals surface area contributed by atoms with E-state index >= 15 is 0 Å². The van der Waals surface area contributed by atoms with Crippen LogP contribution in [0, 0.1) is 6.92 Å². The van der Waals surface area contributed by atoms with Crippen LogP contribution in [0.2, 0.25) is 0 Å². The molecular weight excluding hydrogens is 320 g/mol. The Labute approximate surface area is 136 Å². The van der Waals surface area contributed by atoms with Gasteiger partial charge in [-0.25, -0.2) is 4.98 Å². The molecule has 110 valence electrons. The minimum atomic E-state index is -0.0406. The fourth-order valence-electron chi connectivity index (χ4n) is 2.08. The summed E-state index contributed by atoms with van der Waals surface area (Å²) in [5.41, 5.74) is 3.01. The molecule has 0 saturated carbocycles. The maximum atomic E-state index is 12.1. The van der Waals surface area contributed by atoms with Gasteiger partial charge in [-0.05, 0) is 24.6 Å². The smallest absolute Gasteiger partial charge is 0.251 e. The molecule has 3 nitrogen and oxygen atoms in total. The summed E-state index contributed by atoms with van der Waals surface area (Å²) < 4.78 is 0.528. The van der Waals surface area contributed by atoms with E-state index in [0.717, 1.165) is 10.7 Å². The Bertz CT molecular complexity index is 618. The van der Waals surface area contributed by atoms with Crippen LogP contribution >= 0.6 is 34.9 Å². The second-order valence-electron chi connectivity index (χ2n) is 4.76. The number of aromatic nitrogens is 1. The summed E-state index contributed by atoms with van der Waals surface area (Å²) in [4.78, 5) is 16.5. The highest BCUT2D eigenvalue weighted by Crippen LogP contribution is 2.45. The summed E-state index contributed by atoms with van der Waals surface area (Å²) in [6, 6.07) is 7.96. The van der Waals surface area contributed by atoms with Crippen LogP contribution in [0.1, 0.15) is 31.2 Å². The van der Waals surface area contributed by atoms with E-state index in [1.807, 2.05) is 48.0 Å². The number of aryl methyl sites for hydroxylation is 1. The van der Waals surface area contributed by atoms with Crippen molar-refractivity contribution in [2.24, 2.45) is 0 Å². The van der Waals surface area contributed by atoms with Crippen molar-refractivity contribution in [1.29, 1.82) is 0 Å². The second kappa shape index (κ2) is 6.85. The quantitative estimate of drug-likeness (QED) is 0.920. The zero-order valence-corrected chi connectivity index (χ0v) is 14.1. The standard InChI is InChI=1S/C15H16N2OS3/c1-10-9-21-13(17-10)8-16-14(18)11-2-4-12(5-3-11)15-19-6-7-20-15/h2-5,9,15H,6-8H2,1H3,(H,16,18). The Morgan fingerprint density at radius 2 is 2.00 bits per heavy atom. The van der Waals surface area contributed by atoms with E-state index in [1.165, 1.54) is 17.1 Å². The number of thioether (sulfide) groups is 2. The number of nitrogens with zero attached hydrogens (tertiary/aromatic N) is 1. The number of nitrogens with one attached hydrogen (secondary N) is 1. The minimum Gasteiger partial charge on any atom is -0.346 e. The molecule has 3 rings (SSSR count). The predicted octanol–water partition coefficient (Wildman–Crippen LogP) is 3.86. The van der Waals surface area contributed by atoms with Crippen molar-refractivity contribution in [2.45, 2.75) is 18.1 Å². The third-order valence-corrected chi connectivity index (χ3v) is 7.20. The highest BCUT2D eigenvalue weighted by Gasteiger charge is 2.18. The van der Waals surface area contributed by atoms with Gasteiger partial charge in [0.05, 0.1) is 11.1 Å². The van der Waals surface area contributed by atoms with Crippen molar-refractivity contribution >= 4 is 40.8 Å². The van der Waals surface area contributed by atoms with Crippen LogP contribution in [0.15, 0.2) is 29.6 Å². The molecule has 1 N–H and O–H groups in total. The van der Waals surface area contributed by atoms with Gasteiger partial charge < -0.3 is 5.32 Å². The number of rotatable bonds is 4. The van der Waals surface area contributed by atoms with E-state index in [4.69, 9.17) is 0 Å². The highest BCUT2D eigenvalue weighted by atomic mass is 32.2. The van der Waals surface area contributed by atoms with Gasteiger partial charge in [0, 0.05) is 28.1 Å². The first-order valence-corrected chi connectivity index (χ1v) is 9.72. The van der Waals surface area contributed by atoms with Crippen molar-refractivity contribution in [1.82, 2.24) is 10.3 Å². The van der Waals surface area contributed by atoms with Crippen molar-refractivity contribution in [3.05, 3.63) is 51.5 Å². The Morgan fingerprint density at radius 1 is 1.29 bits per heavy atom. The van der Waals surface area contributed by atoms with Gasteiger partial charge in [-0.1, -0.05) is 12.1 Å². The third kappa shape index (κ3) is 3.81. The predicted molar refractivity (Wildman–Crippen MR) is 92.1 cm³/mol. The molecule has 1 aromatic heterocycles. The molecule has 1 amide bonds. The van der Waals surface area contributed by atoms with Crippen LogP contribution in [0.25, 0.3) is 0 Å². The normalized spacial score (nSPS) is 15.3. The van der Waals surface area contributed by atoms with E-state index in [1.54, 1.807) is 11.3 Å². The van der Waals surface area contributed by atoms with E-state index < -0.39 is 0 Å². The van der Waals surface area contributed by atoms with Gasteiger partial charge in [-0.15, -0.1) is 34.9 Å². The third-order valence-electron chi connectivity index (χ3n) is 3.13. The van der Waals surface area contributed by atoms with Crippen molar-refractivity contribution in [3.8, 4) is 0 Å². The lowest BCUT2D eigenvalue weighted by molar-refractivity contribution is 0.0951. The average Bonchev–Trinajstić information content (AvgIpc) is 3.16. The van der Waals surface area contributed by atoms with Gasteiger partial charge in [-0.2, -0.15) is 0 Å². The molecule has 0 atom stereocenters. The second-order valence-corrected chi connectivity index (χ2v) is 8.43. The average molecular weight is 337 g/mol. The summed E-state index contributed by atoms with van der Waals surface area (Å²) in [5, 5.41) is 5.85. The number of carbonyl (C=O) groups is 1. The van der Waals surface area contributed by atoms with Gasteiger partial charge in [0.15, 0.2) is 0 Å². The Balaban J connectivity index is 1.59. The molecule has 0 radical (unpaired) electrons. The molecule has 1 saturated heterocycles. The molecule has 21 heavy (non-hydrogen) atoms. The van der Waals surface area contributed by atoms with Crippen molar-refractivity contribution in [2.75, 3.05) is 11.5 Å². The molecule has 6 heteroatoms. The summed E-state index contributed by atoms with van der Waals surface area (Å²) in [6.45, 7) is 2.45. The summed E-state index contributed by atoms with van der Waals surface area (Å²) >= 11 is 5.52. The lowest BCUT2D eigenvalue weighted by Gasteiger charge is -2.09. The molecule has 0 spiro atoms. The Morgan fingerprint density at radius 3 is 2.62 bits per heavy atom. The van der Waals surface area contributed by atoms with Crippen LogP contribution in [0.3, 0.4) is 0 Å². The highest BCUT2D eigenvalue weighted by molar-refractivity contribution is 8.19. The van der Waals surface area contributed by atoms with Crippen molar-refractivity contribution in [3.63, 3.8) is 0 Å². The van der Waals surface area contributed by atoms with Gasteiger partial charge in [0.1, 0.15) is 5.01 Å². The fourth-order valence-corrected chi connectivity index (χ4v) is 5.66. The first kappa shape index (κ1) is 14.9. The molecule has 1 aromatic carbocycles. The maximum Gasteiger partial charge on any atom is 0.251 e. The largest absolute Gasteiger partial charge is 0.346 e. The van der Waals surface area contributed by atoms with Crippen molar-refractivity contribution < 1.29 is 4.79 Å². The van der Waals surface area contributed by atoms with Crippen LogP contribution in [0.4, 0.5) is 0 Å². The number of benzene rings is 1. The Hall–Kier alpha value is -0.980. The first-order valence-electron chi connectivity index (χ1n) is 6.75. The number of hydrogen-bond donors (Lipinski definition) is 1. The summed E-state index contributed by atoms with van der Waals surface area (Å²) in [6.07, 6.45) is 0. The van der Waals surface area contributed by atoms with E-state index in [9.17, 15) is 4.79 Å². The fraction of sp³-hybridized carbons (Fsp3) is 0.333. The Kier molecular flexibility index (Phi) is 4.87. The first-order chi connectivity index (χ1) is 10.2. The molecular formula is C15H16N2OS3. The van der Waals surface area contributed by atoms with Crippen LogP contribution < -0.4 is 5.32 Å². The van der Waals surface area contributed by atoms with Crippen LogP contribution in [-0.2, 0) is 6.54 Å². The summed E-state index contributed by atoms with van der Waals surface area (Å²) in [5.74, 6) is 2.39.